The van der Waals surface area contributed by atoms with Crippen LogP contribution in [0.5, 0.6) is 17.4 Å². The van der Waals surface area contributed by atoms with E-state index in [-0.39, 0.29) is 12.4 Å². The number of carbonyl (C=O) groups excluding carboxylic acids is 1. The number of benzene rings is 2. The van der Waals surface area contributed by atoms with Crippen LogP contribution in [0.4, 0.5) is 10.1 Å². The third-order valence-electron chi connectivity index (χ3n) is 3.95. The van der Waals surface area contributed by atoms with Gasteiger partial charge >= 0.3 is 0 Å². The maximum atomic E-state index is 13.5. The molecule has 4 rings (SSSR count). The van der Waals surface area contributed by atoms with Gasteiger partial charge in [0.05, 0.1) is 0 Å². The second-order valence-corrected chi connectivity index (χ2v) is 6.09. The van der Waals surface area contributed by atoms with Gasteiger partial charge in [0, 0.05) is 24.1 Å². The van der Waals surface area contributed by atoms with Gasteiger partial charge in [-0.3, -0.25) is 9.36 Å². The van der Waals surface area contributed by atoms with Crippen molar-refractivity contribution in [2.45, 2.75) is 0 Å². The Hall–Kier alpha value is -4.27. The molecule has 0 fully saturated rings. The van der Waals surface area contributed by atoms with Gasteiger partial charge in [-0.2, -0.15) is 0 Å². The summed E-state index contributed by atoms with van der Waals surface area (Å²) in [5, 5.41) is 10.8. The van der Waals surface area contributed by atoms with Crippen molar-refractivity contribution < 1.29 is 18.7 Å². The molecule has 0 unspecified atom stereocenters. The standard InChI is InChI=1S/C21H16FN5O3/c22-17-3-1-2-4-18(17)29-13-20(28)24-15-5-7-16(8-6-15)30-21-10-9-19(25-26-21)27-12-11-23-14-27/h1-12,14H,13H2,(H,24,28). The van der Waals surface area contributed by atoms with Crippen LogP contribution in [0, 0.1) is 5.82 Å². The summed E-state index contributed by atoms with van der Waals surface area (Å²) in [4.78, 5) is 15.9. The average Bonchev–Trinajstić information content (AvgIpc) is 3.30. The van der Waals surface area contributed by atoms with E-state index in [2.05, 4.69) is 20.5 Å². The Balaban J connectivity index is 1.30. The van der Waals surface area contributed by atoms with E-state index in [9.17, 15) is 9.18 Å². The number of rotatable bonds is 7. The zero-order chi connectivity index (χ0) is 20.8. The molecule has 0 saturated heterocycles. The first-order valence-corrected chi connectivity index (χ1v) is 8.94. The van der Waals surface area contributed by atoms with E-state index < -0.39 is 11.7 Å². The highest BCUT2D eigenvalue weighted by Crippen LogP contribution is 2.21. The molecule has 9 heteroatoms. The SMILES string of the molecule is O=C(COc1ccccc1F)Nc1ccc(Oc2ccc(-n3ccnc3)nn2)cc1. The smallest absolute Gasteiger partial charge is 0.262 e. The molecule has 0 bridgehead atoms. The van der Waals surface area contributed by atoms with E-state index in [1.807, 2.05) is 0 Å². The normalized spacial score (nSPS) is 10.4. The first kappa shape index (κ1) is 19.1. The molecule has 0 radical (unpaired) electrons. The van der Waals surface area contributed by atoms with Gasteiger partial charge in [-0.05, 0) is 42.5 Å². The zero-order valence-electron chi connectivity index (χ0n) is 15.6. The Bertz CT molecular complexity index is 1120. The van der Waals surface area contributed by atoms with Crippen LogP contribution >= 0.6 is 0 Å². The molecule has 4 aromatic rings. The molecule has 0 aliphatic heterocycles. The maximum absolute atomic E-state index is 13.5. The first-order chi connectivity index (χ1) is 14.7. The number of para-hydroxylation sites is 1. The van der Waals surface area contributed by atoms with E-state index in [1.54, 1.807) is 71.8 Å². The minimum atomic E-state index is -0.520. The van der Waals surface area contributed by atoms with Gasteiger partial charge < -0.3 is 14.8 Å². The van der Waals surface area contributed by atoms with E-state index in [0.717, 1.165) is 0 Å². The topological polar surface area (TPSA) is 91.2 Å². The van der Waals surface area contributed by atoms with Crippen LogP contribution in [0.25, 0.3) is 5.82 Å². The summed E-state index contributed by atoms with van der Waals surface area (Å²) in [6.07, 6.45) is 5.04. The summed E-state index contributed by atoms with van der Waals surface area (Å²) >= 11 is 0. The molecular weight excluding hydrogens is 389 g/mol. The Kier molecular flexibility index (Phi) is 5.61. The molecule has 1 N–H and O–H groups in total. The van der Waals surface area contributed by atoms with E-state index in [1.165, 1.54) is 12.1 Å². The Labute approximate surface area is 170 Å². The van der Waals surface area contributed by atoms with E-state index in [4.69, 9.17) is 9.47 Å². The van der Waals surface area contributed by atoms with Crippen LogP contribution < -0.4 is 14.8 Å². The molecular formula is C21H16FN5O3. The minimum Gasteiger partial charge on any atom is -0.481 e. The Morgan fingerprint density at radius 1 is 1.03 bits per heavy atom. The van der Waals surface area contributed by atoms with E-state index in [0.29, 0.717) is 23.1 Å². The van der Waals surface area contributed by atoms with Crippen molar-refractivity contribution >= 4 is 11.6 Å². The number of nitrogens with zero attached hydrogens (tertiary/aromatic N) is 4. The number of imidazole rings is 1. The van der Waals surface area contributed by atoms with Crippen molar-refractivity contribution in [2.24, 2.45) is 0 Å². The van der Waals surface area contributed by atoms with Gasteiger partial charge in [-0.15, -0.1) is 10.2 Å². The monoisotopic (exact) mass is 405 g/mol. The molecule has 2 aromatic carbocycles. The molecule has 1 amide bonds. The molecule has 30 heavy (non-hydrogen) atoms. The Morgan fingerprint density at radius 3 is 2.57 bits per heavy atom. The number of ether oxygens (including phenoxy) is 2. The van der Waals surface area contributed by atoms with Crippen molar-refractivity contribution in [1.29, 1.82) is 0 Å². The summed E-state index contributed by atoms with van der Waals surface area (Å²) in [6, 6.07) is 16.1. The largest absolute Gasteiger partial charge is 0.481 e. The van der Waals surface area contributed by atoms with Crippen LogP contribution in [0.15, 0.2) is 79.4 Å². The van der Waals surface area contributed by atoms with Crippen LogP contribution in [-0.4, -0.2) is 32.3 Å². The summed E-state index contributed by atoms with van der Waals surface area (Å²) in [5.41, 5.74) is 0.547. The van der Waals surface area contributed by atoms with Crippen LogP contribution in [0.1, 0.15) is 0 Å². The van der Waals surface area contributed by atoms with Gasteiger partial charge in [-0.1, -0.05) is 12.1 Å². The summed E-state index contributed by atoms with van der Waals surface area (Å²) in [5.74, 6) is 0.571. The van der Waals surface area contributed by atoms with Gasteiger partial charge in [0.1, 0.15) is 12.1 Å². The highest BCUT2D eigenvalue weighted by molar-refractivity contribution is 5.91. The van der Waals surface area contributed by atoms with Crippen molar-refractivity contribution in [3.8, 4) is 23.2 Å². The lowest BCUT2D eigenvalue weighted by atomic mass is 10.3. The van der Waals surface area contributed by atoms with E-state index >= 15 is 0 Å². The fourth-order valence-corrected chi connectivity index (χ4v) is 2.53. The molecule has 0 aliphatic carbocycles. The number of halogens is 1. The molecule has 0 atom stereocenters. The number of anilines is 1. The lowest BCUT2D eigenvalue weighted by Gasteiger charge is -2.09. The van der Waals surface area contributed by atoms with Crippen LogP contribution in [0.2, 0.25) is 0 Å². The quantitative estimate of drug-likeness (QED) is 0.505. The maximum Gasteiger partial charge on any atom is 0.262 e. The number of carbonyl (C=O) groups is 1. The molecule has 2 heterocycles. The number of amides is 1. The summed E-state index contributed by atoms with van der Waals surface area (Å²) in [6.45, 7) is -0.308. The van der Waals surface area contributed by atoms with Crippen molar-refractivity contribution in [3.05, 3.63) is 85.2 Å². The highest BCUT2D eigenvalue weighted by Gasteiger charge is 2.07. The minimum absolute atomic E-state index is 0.0246. The predicted molar refractivity (Wildman–Crippen MR) is 106 cm³/mol. The number of hydrogen-bond donors (Lipinski definition) is 1. The average molecular weight is 405 g/mol. The van der Waals surface area contributed by atoms with Crippen LogP contribution in [-0.2, 0) is 4.79 Å². The van der Waals surface area contributed by atoms with Gasteiger partial charge in [-0.25, -0.2) is 9.37 Å². The lowest BCUT2D eigenvalue weighted by molar-refractivity contribution is -0.118. The Morgan fingerprint density at radius 2 is 1.87 bits per heavy atom. The van der Waals surface area contributed by atoms with Gasteiger partial charge in [0.25, 0.3) is 5.91 Å². The second-order valence-electron chi connectivity index (χ2n) is 6.09. The van der Waals surface area contributed by atoms with Crippen LogP contribution in [0.3, 0.4) is 0 Å². The number of hydrogen-bond acceptors (Lipinski definition) is 6. The van der Waals surface area contributed by atoms with Crippen molar-refractivity contribution in [1.82, 2.24) is 19.7 Å². The zero-order valence-corrected chi connectivity index (χ0v) is 15.6. The molecule has 0 aliphatic rings. The van der Waals surface area contributed by atoms with Crippen molar-refractivity contribution in [2.75, 3.05) is 11.9 Å². The van der Waals surface area contributed by atoms with Crippen molar-refractivity contribution in [3.63, 3.8) is 0 Å². The molecule has 2 aromatic heterocycles. The molecule has 150 valence electrons. The summed E-state index contributed by atoms with van der Waals surface area (Å²) < 4.78 is 26.1. The lowest BCUT2D eigenvalue weighted by Crippen LogP contribution is -2.20. The van der Waals surface area contributed by atoms with Gasteiger partial charge in [0.2, 0.25) is 5.88 Å². The fourth-order valence-electron chi connectivity index (χ4n) is 2.53. The predicted octanol–water partition coefficient (Wildman–Crippen LogP) is 3.61. The third-order valence-corrected chi connectivity index (χ3v) is 3.95. The first-order valence-electron chi connectivity index (χ1n) is 8.94. The number of aromatic nitrogens is 4. The molecule has 0 saturated carbocycles. The number of nitrogens with one attached hydrogen (secondary N) is 1. The second kappa shape index (κ2) is 8.82. The molecule has 8 nitrogen and oxygen atoms in total. The van der Waals surface area contributed by atoms with Gasteiger partial charge in [0.15, 0.2) is 24.0 Å². The fraction of sp³-hybridized carbons (Fsp3) is 0.0476. The third kappa shape index (κ3) is 4.76. The molecule has 0 spiro atoms. The summed E-state index contributed by atoms with van der Waals surface area (Å²) in [7, 11) is 0. The highest BCUT2D eigenvalue weighted by atomic mass is 19.1.